The van der Waals surface area contributed by atoms with E-state index in [0.717, 1.165) is 66.1 Å². The minimum atomic E-state index is -1.12. The molecule has 9 aromatic carbocycles. The lowest BCUT2D eigenvalue weighted by atomic mass is 9.64. The summed E-state index contributed by atoms with van der Waals surface area (Å²) in [7, 11) is 0. The minimum absolute atomic E-state index is 0.155. The lowest BCUT2D eigenvalue weighted by molar-refractivity contribution is -0.136. The summed E-state index contributed by atoms with van der Waals surface area (Å²) >= 11 is 0. The fraction of sp³-hybridized carbons (Fsp3) is 0.133. The van der Waals surface area contributed by atoms with Gasteiger partial charge in [-0.1, -0.05) is 189 Å². The van der Waals surface area contributed by atoms with E-state index in [1.165, 1.54) is 22.3 Å². The van der Waals surface area contributed by atoms with E-state index in [9.17, 15) is 19.5 Å². The lowest BCUT2D eigenvalue weighted by Gasteiger charge is -2.38. The zero-order valence-electron chi connectivity index (χ0n) is 46.9. The summed E-state index contributed by atoms with van der Waals surface area (Å²) in [5.41, 5.74) is 13.8. The smallest absolute Gasteiger partial charge is 0.339 e. The van der Waals surface area contributed by atoms with Crippen molar-refractivity contribution in [2.75, 3.05) is 0 Å². The maximum absolute atomic E-state index is 13.7. The normalized spacial score (nSPS) is 15.9. The zero-order chi connectivity index (χ0) is 57.7. The number of allylic oxidation sites excluding steroid dienone is 6. The first-order chi connectivity index (χ1) is 40.1. The molecule has 0 amide bonds. The number of aliphatic hydroxyl groups is 1. The summed E-state index contributed by atoms with van der Waals surface area (Å²) in [5, 5.41) is 14.2. The van der Waals surface area contributed by atoms with Crippen LogP contribution in [-0.2, 0) is 30.0 Å². The average molecular weight is 1090 g/mol. The standard InChI is InChI=1S/C75H60O8/c1-45(2)70(76)80-58-37-32-54(33-38-58)74(65-20-12-8-16-61(65)62-17-9-13-21-66(62)74)55-34-39-69(49(7)40-55)83-73(79)48(6)25-24-47(5)72(78)82-60-36-29-51-42-57(31-27-53(51)44-60)75(67-22-14-10-18-63(67)64-19-11-15-23-68(64)75)56-30-26-52-43-59(35-28-50(52)41-56)81-71(77)46(3)4/h8-39,41-44,49,70,76H,1,3,40H2,2,4-7H3/b47-24-,48-25+. The maximum Gasteiger partial charge on any atom is 0.339 e. The Morgan fingerprint density at radius 3 is 1.34 bits per heavy atom. The van der Waals surface area contributed by atoms with Gasteiger partial charge >= 0.3 is 17.9 Å². The number of fused-ring (bicyclic) bond motifs is 8. The Kier molecular flexibility index (Phi) is 13.9. The molecule has 83 heavy (non-hydrogen) atoms. The first kappa shape index (κ1) is 53.7. The molecule has 1 N–H and O–H groups in total. The van der Waals surface area contributed by atoms with Gasteiger partial charge in [0.15, 0.2) is 0 Å². The molecule has 8 heteroatoms. The Morgan fingerprint density at radius 2 is 0.880 bits per heavy atom. The minimum Gasteiger partial charge on any atom is -0.461 e. The molecule has 0 saturated carbocycles. The number of carbonyl (C=O) groups is 3. The van der Waals surface area contributed by atoms with Crippen molar-refractivity contribution < 1.29 is 38.4 Å². The second-order valence-electron chi connectivity index (χ2n) is 22.0. The van der Waals surface area contributed by atoms with Crippen LogP contribution in [0.15, 0.2) is 265 Å². The van der Waals surface area contributed by atoms with Gasteiger partial charge in [0, 0.05) is 22.6 Å². The van der Waals surface area contributed by atoms with Crippen molar-refractivity contribution in [2.24, 2.45) is 5.92 Å². The predicted molar refractivity (Wildman–Crippen MR) is 328 cm³/mol. The van der Waals surface area contributed by atoms with Gasteiger partial charge in [0.25, 0.3) is 0 Å². The Morgan fingerprint density at radius 1 is 0.482 bits per heavy atom. The monoisotopic (exact) mass is 1090 g/mol. The number of benzene rings is 9. The van der Waals surface area contributed by atoms with Crippen molar-refractivity contribution in [3.63, 3.8) is 0 Å². The number of hydrogen-bond donors (Lipinski definition) is 1. The van der Waals surface area contributed by atoms with Gasteiger partial charge < -0.3 is 24.1 Å². The molecule has 2 atom stereocenters. The lowest BCUT2D eigenvalue weighted by Crippen LogP contribution is -2.32. The highest BCUT2D eigenvalue weighted by Gasteiger charge is 2.49. The molecule has 0 radical (unpaired) electrons. The number of esters is 3. The summed E-state index contributed by atoms with van der Waals surface area (Å²) in [6.07, 6.45) is 6.65. The molecule has 12 rings (SSSR count). The van der Waals surface area contributed by atoms with Crippen molar-refractivity contribution in [2.45, 2.75) is 58.2 Å². The molecule has 0 saturated heterocycles. The first-order valence-corrected chi connectivity index (χ1v) is 27.8. The van der Waals surface area contributed by atoms with E-state index in [-0.39, 0.29) is 5.92 Å². The molecule has 8 nitrogen and oxygen atoms in total. The molecule has 0 spiro atoms. The third-order valence-corrected chi connectivity index (χ3v) is 16.5. The predicted octanol–water partition coefficient (Wildman–Crippen LogP) is 16.3. The van der Waals surface area contributed by atoms with Crippen molar-refractivity contribution in [3.05, 3.63) is 304 Å². The molecule has 9 aromatic rings. The fourth-order valence-electron chi connectivity index (χ4n) is 12.4. The SMILES string of the molecule is C=C(C)C(=O)Oc1ccc2cc(C3(c4ccc5cc(OC(=O)/C(C)=C\C=C(/C)C(=O)OC6=CC=C(C7(c8ccc(OC(O)C(=C)C)cc8)c8ccccc8-c8ccccc87)CC6C)ccc5c4)c4ccccc4-c4ccccc43)ccc2c1. The van der Waals surface area contributed by atoms with E-state index in [0.29, 0.717) is 51.7 Å². The highest BCUT2D eigenvalue weighted by atomic mass is 16.6. The van der Waals surface area contributed by atoms with Crippen LogP contribution in [0.4, 0.5) is 0 Å². The second kappa shape index (κ2) is 21.5. The Labute approximate surface area is 483 Å². The number of carbonyl (C=O) groups excluding carboxylic acids is 3. The molecule has 408 valence electrons. The summed E-state index contributed by atoms with van der Waals surface area (Å²) < 4.78 is 23.4. The summed E-state index contributed by atoms with van der Waals surface area (Å²) in [5.74, 6) is 0.228. The van der Waals surface area contributed by atoms with Crippen LogP contribution in [-0.4, -0.2) is 29.3 Å². The van der Waals surface area contributed by atoms with Crippen molar-refractivity contribution in [1.82, 2.24) is 0 Å². The van der Waals surface area contributed by atoms with Gasteiger partial charge in [-0.15, -0.1) is 0 Å². The molecule has 0 aromatic heterocycles. The molecule has 0 heterocycles. The van der Waals surface area contributed by atoms with Crippen LogP contribution in [0.3, 0.4) is 0 Å². The fourth-order valence-corrected chi connectivity index (χ4v) is 12.4. The third kappa shape index (κ3) is 9.41. The van der Waals surface area contributed by atoms with E-state index in [4.69, 9.17) is 18.9 Å². The van der Waals surface area contributed by atoms with E-state index >= 15 is 0 Å². The number of ether oxygens (including phenoxy) is 4. The molecule has 0 bridgehead atoms. The number of rotatable bonds is 14. The van der Waals surface area contributed by atoms with Crippen LogP contribution < -0.4 is 14.2 Å². The first-order valence-electron chi connectivity index (χ1n) is 27.8. The van der Waals surface area contributed by atoms with Crippen LogP contribution in [0.2, 0.25) is 0 Å². The topological polar surface area (TPSA) is 108 Å². The third-order valence-electron chi connectivity index (χ3n) is 16.5. The van der Waals surface area contributed by atoms with Crippen molar-refractivity contribution in [1.29, 1.82) is 0 Å². The van der Waals surface area contributed by atoms with E-state index in [1.54, 1.807) is 45.9 Å². The maximum atomic E-state index is 13.7. The van der Waals surface area contributed by atoms with Gasteiger partial charge in [0.2, 0.25) is 6.29 Å². The molecule has 0 fully saturated rings. The Hall–Kier alpha value is -9.89. The summed E-state index contributed by atoms with van der Waals surface area (Å²) in [4.78, 5) is 39.8. The van der Waals surface area contributed by atoms with Crippen LogP contribution >= 0.6 is 0 Å². The van der Waals surface area contributed by atoms with Crippen LogP contribution in [0.1, 0.15) is 80.0 Å². The van der Waals surface area contributed by atoms with Gasteiger partial charge in [0.05, 0.1) is 10.8 Å². The van der Waals surface area contributed by atoms with Gasteiger partial charge in [-0.2, -0.15) is 0 Å². The van der Waals surface area contributed by atoms with Gasteiger partial charge in [-0.25, -0.2) is 14.4 Å². The van der Waals surface area contributed by atoms with Gasteiger partial charge in [-0.05, 0) is 177 Å². The van der Waals surface area contributed by atoms with Crippen LogP contribution in [0, 0.1) is 5.92 Å². The van der Waals surface area contributed by atoms with Crippen LogP contribution in [0.5, 0.6) is 17.2 Å². The molecular weight excluding hydrogens is 1030 g/mol. The van der Waals surface area contributed by atoms with Crippen molar-refractivity contribution in [3.8, 4) is 39.5 Å². The Balaban J connectivity index is 0.781. The van der Waals surface area contributed by atoms with Gasteiger partial charge in [-0.3, -0.25) is 0 Å². The molecule has 3 aliphatic carbocycles. The highest BCUT2D eigenvalue weighted by molar-refractivity contribution is 5.95. The largest absolute Gasteiger partial charge is 0.461 e. The summed E-state index contributed by atoms with van der Waals surface area (Å²) in [6.45, 7) is 16.3. The number of hydrogen-bond acceptors (Lipinski definition) is 8. The zero-order valence-corrected chi connectivity index (χ0v) is 46.9. The quantitative estimate of drug-likeness (QED) is 0.0286. The van der Waals surface area contributed by atoms with E-state index in [2.05, 4.69) is 172 Å². The molecule has 0 aliphatic heterocycles. The molecular formula is C75H60O8. The summed E-state index contributed by atoms with van der Waals surface area (Å²) in [6, 6.07) is 66.3. The number of aliphatic hydroxyl groups excluding tert-OH is 1. The Bertz CT molecular complexity index is 4230. The molecule has 2 unspecified atom stereocenters. The van der Waals surface area contributed by atoms with Gasteiger partial charge in [0.1, 0.15) is 23.0 Å². The van der Waals surface area contributed by atoms with E-state index < -0.39 is 35.0 Å². The molecule has 3 aliphatic rings. The second-order valence-corrected chi connectivity index (χ2v) is 22.0. The average Bonchev–Trinajstić information content (AvgIpc) is 1.98. The highest BCUT2D eigenvalue weighted by Crippen LogP contribution is 2.59. The van der Waals surface area contributed by atoms with Crippen LogP contribution in [0.25, 0.3) is 43.8 Å². The van der Waals surface area contributed by atoms with E-state index in [1.807, 2.05) is 48.5 Å². The van der Waals surface area contributed by atoms with Crippen molar-refractivity contribution >= 4 is 39.5 Å².